The number of nitrogens with two attached hydrogens (primary N) is 1. The maximum absolute atomic E-state index is 9.13. The summed E-state index contributed by atoms with van der Waals surface area (Å²) in [4.78, 5) is 4.71. The van der Waals surface area contributed by atoms with Crippen LogP contribution in [-0.2, 0) is 5.41 Å². The lowest BCUT2D eigenvalue weighted by Crippen LogP contribution is -2.17. The fourth-order valence-electron chi connectivity index (χ4n) is 7.37. The molecule has 1 aliphatic carbocycles. The second-order valence-electron chi connectivity index (χ2n) is 13.9. The van der Waals surface area contributed by atoms with Gasteiger partial charge in [0.05, 0.1) is 0 Å². The van der Waals surface area contributed by atoms with Crippen molar-refractivity contribution in [2.24, 2.45) is 10.7 Å². The van der Waals surface area contributed by atoms with Crippen molar-refractivity contribution in [3.8, 4) is 22.3 Å². The van der Waals surface area contributed by atoms with E-state index in [1.54, 1.807) is 0 Å². The van der Waals surface area contributed by atoms with Crippen LogP contribution in [0.15, 0.2) is 149 Å². The van der Waals surface area contributed by atoms with Crippen LogP contribution in [0.25, 0.3) is 45.4 Å². The molecule has 3 N–H and O–H groups in total. The van der Waals surface area contributed by atoms with E-state index < -0.39 is 0 Å². The molecule has 0 amide bonds. The highest BCUT2D eigenvalue weighted by Crippen LogP contribution is 2.50. The molecule has 0 saturated heterocycles. The van der Waals surface area contributed by atoms with Crippen LogP contribution >= 0.6 is 0 Å². The van der Waals surface area contributed by atoms with E-state index in [0.29, 0.717) is 0 Å². The van der Waals surface area contributed by atoms with Crippen LogP contribution in [0.2, 0.25) is 0 Å². The number of furan rings is 1. The molecule has 0 saturated carbocycles. The van der Waals surface area contributed by atoms with Crippen LogP contribution in [0.1, 0.15) is 91.8 Å². The number of benzene rings is 6. The van der Waals surface area contributed by atoms with E-state index in [4.69, 9.17) is 20.6 Å². The van der Waals surface area contributed by atoms with Gasteiger partial charge in [-0.1, -0.05) is 193 Å². The summed E-state index contributed by atoms with van der Waals surface area (Å²) in [5.41, 5.74) is 20.5. The number of fused-ring (bicyclic) bond motifs is 4. The van der Waals surface area contributed by atoms with Crippen LogP contribution in [0.4, 0.5) is 0 Å². The van der Waals surface area contributed by atoms with Crippen molar-refractivity contribution in [1.82, 2.24) is 0 Å². The summed E-state index contributed by atoms with van der Waals surface area (Å²) in [6.45, 7) is 18.7. The summed E-state index contributed by atoms with van der Waals surface area (Å²) < 4.78 is 6.21. The third-order valence-corrected chi connectivity index (χ3v) is 10.1. The van der Waals surface area contributed by atoms with Crippen LogP contribution in [0.5, 0.6) is 0 Å². The Hall–Kier alpha value is -6.26. The quantitative estimate of drug-likeness (QED) is 0.136. The molecule has 0 atom stereocenters. The first kappa shape index (κ1) is 40.9. The number of nitrogens with zero attached hydrogens (tertiary/aromatic N) is 1. The zero-order chi connectivity index (χ0) is 40.4. The average molecular weight is 738 g/mol. The standard InChI is InChI=1S/C41H35N3O.C7H8.2C2H6/c1-25-13-5-7-15-28(25)30-16-8-6-14-27(30)23-24-29-26(2)45-36-22-12-19-33(38(29)36)40(43)44-39(42)32-18-11-21-35-37(32)31-17-9-10-20-34(31)41(35,3)4;1-7-5-3-2-4-6-7;2*1-2/h5-24H,1-4H3,(H3,42,43,44);2-6H,1H3;2*1-2H3/b24-23-;;;. The van der Waals surface area contributed by atoms with Crippen molar-refractivity contribution < 1.29 is 4.42 Å². The van der Waals surface area contributed by atoms with Gasteiger partial charge in [0.25, 0.3) is 0 Å². The van der Waals surface area contributed by atoms with Crippen LogP contribution in [-0.4, -0.2) is 11.7 Å². The molecule has 56 heavy (non-hydrogen) atoms. The Bertz CT molecular complexity index is 2500. The molecule has 6 aromatic carbocycles. The molecule has 0 spiro atoms. The van der Waals surface area contributed by atoms with Crippen molar-refractivity contribution >= 4 is 34.8 Å². The van der Waals surface area contributed by atoms with Gasteiger partial charge in [0.1, 0.15) is 17.2 Å². The minimum Gasteiger partial charge on any atom is -0.461 e. The maximum Gasteiger partial charge on any atom is 0.154 e. The van der Waals surface area contributed by atoms with Gasteiger partial charge in [-0.2, -0.15) is 0 Å². The Morgan fingerprint density at radius 1 is 0.607 bits per heavy atom. The summed E-state index contributed by atoms with van der Waals surface area (Å²) in [7, 11) is 0. The highest BCUT2D eigenvalue weighted by atomic mass is 16.3. The van der Waals surface area contributed by atoms with Gasteiger partial charge >= 0.3 is 0 Å². The Labute approximate surface area is 334 Å². The lowest BCUT2D eigenvalue weighted by Gasteiger charge is -2.21. The lowest BCUT2D eigenvalue weighted by atomic mass is 9.82. The van der Waals surface area contributed by atoms with E-state index >= 15 is 0 Å². The Kier molecular flexibility index (Phi) is 13.4. The first-order chi connectivity index (χ1) is 27.1. The second-order valence-corrected chi connectivity index (χ2v) is 13.9. The lowest BCUT2D eigenvalue weighted by molar-refractivity contribution is 0.577. The van der Waals surface area contributed by atoms with Gasteiger partial charge in [-0.05, 0) is 71.3 Å². The van der Waals surface area contributed by atoms with E-state index in [0.717, 1.165) is 50.1 Å². The highest BCUT2D eigenvalue weighted by molar-refractivity contribution is 6.17. The molecule has 0 unspecified atom stereocenters. The summed E-state index contributed by atoms with van der Waals surface area (Å²) in [6.07, 6.45) is 4.24. The van der Waals surface area contributed by atoms with Crippen LogP contribution < -0.4 is 5.73 Å². The van der Waals surface area contributed by atoms with Crippen molar-refractivity contribution in [1.29, 1.82) is 5.41 Å². The number of hydrogen-bond donors (Lipinski definition) is 2. The molecule has 7 aromatic rings. The fourth-order valence-corrected chi connectivity index (χ4v) is 7.37. The number of aryl methyl sites for hydroxylation is 3. The maximum atomic E-state index is 9.13. The molecule has 4 nitrogen and oxygen atoms in total. The second kappa shape index (κ2) is 18.4. The molecule has 0 aliphatic heterocycles. The van der Waals surface area contributed by atoms with Crippen LogP contribution in [0.3, 0.4) is 0 Å². The number of rotatable bonds is 5. The van der Waals surface area contributed by atoms with Gasteiger partial charge in [0.2, 0.25) is 0 Å². The number of aliphatic imine (C=N–C) groups is 1. The fraction of sp³-hybridized carbons (Fsp3) is 0.192. The Balaban J connectivity index is 0.000000482. The Morgan fingerprint density at radius 2 is 1.18 bits per heavy atom. The normalized spacial score (nSPS) is 12.3. The molecule has 284 valence electrons. The van der Waals surface area contributed by atoms with Gasteiger partial charge in [-0.3, -0.25) is 5.41 Å². The van der Waals surface area contributed by atoms with E-state index in [1.165, 1.54) is 33.4 Å². The first-order valence-electron chi connectivity index (χ1n) is 19.7. The van der Waals surface area contributed by atoms with Crippen molar-refractivity contribution in [2.75, 3.05) is 0 Å². The first-order valence-corrected chi connectivity index (χ1v) is 19.7. The van der Waals surface area contributed by atoms with Gasteiger partial charge in [0.15, 0.2) is 5.84 Å². The van der Waals surface area contributed by atoms with Crippen LogP contribution in [0, 0.1) is 26.2 Å². The van der Waals surface area contributed by atoms with Gasteiger partial charge in [-0.15, -0.1) is 0 Å². The smallest absolute Gasteiger partial charge is 0.154 e. The highest BCUT2D eigenvalue weighted by Gasteiger charge is 2.36. The molecule has 4 heteroatoms. The van der Waals surface area contributed by atoms with Crippen molar-refractivity contribution in [3.05, 3.63) is 190 Å². The third-order valence-electron chi connectivity index (χ3n) is 10.1. The molecule has 1 heterocycles. The van der Waals surface area contributed by atoms with Crippen molar-refractivity contribution in [2.45, 2.75) is 67.7 Å². The predicted molar refractivity (Wildman–Crippen MR) is 242 cm³/mol. The summed E-state index contributed by atoms with van der Waals surface area (Å²) in [5, 5.41) is 10.0. The molecule has 0 radical (unpaired) electrons. The number of hydrogen-bond acceptors (Lipinski definition) is 2. The summed E-state index contributed by atoms with van der Waals surface area (Å²) in [5.74, 6) is 1.22. The molecule has 1 aromatic heterocycles. The average Bonchev–Trinajstić information content (AvgIpc) is 3.68. The molecular formula is C52H55N3O. The third kappa shape index (κ3) is 8.35. The molecule has 1 aliphatic rings. The zero-order valence-electron chi connectivity index (χ0n) is 34.4. The SMILES string of the molecule is CC.CC.Cc1ccccc1.Cc1ccccc1-c1ccccc1/C=C\c1c(C)oc2cccc(C(N)=NC(=N)c3cccc4c3-c3ccccc3C4(C)C)c12. The molecule has 0 fully saturated rings. The van der Waals surface area contributed by atoms with E-state index in [-0.39, 0.29) is 17.1 Å². The molecule has 0 bridgehead atoms. The zero-order valence-corrected chi connectivity index (χ0v) is 34.4. The van der Waals surface area contributed by atoms with Gasteiger partial charge in [-0.25, -0.2) is 4.99 Å². The number of amidine groups is 2. The monoisotopic (exact) mass is 737 g/mol. The Morgan fingerprint density at radius 3 is 1.86 bits per heavy atom. The topological polar surface area (TPSA) is 75.4 Å². The largest absolute Gasteiger partial charge is 0.461 e. The minimum atomic E-state index is -0.156. The summed E-state index contributed by atoms with van der Waals surface area (Å²) >= 11 is 0. The van der Waals surface area contributed by atoms with Gasteiger partial charge in [0, 0.05) is 27.5 Å². The summed E-state index contributed by atoms with van der Waals surface area (Å²) in [6, 6.07) is 47.5. The van der Waals surface area contributed by atoms with E-state index in [9.17, 15) is 0 Å². The van der Waals surface area contributed by atoms with Crippen molar-refractivity contribution in [3.63, 3.8) is 0 Å². The minimum absolute atomic E-state index is 0.137. The van der Waals surface area contributed by atoms with Gasteiger partial charge < -0.3 is 10.2 Å². The van der Waals surface area contributed by atoms with E-state index in [2.05, 4.69) is 131 Å². The molecule has 8 rings (SSSR count). The molecular weight excluding hydrogens is 683 g/mol. The number of nitrogens with one attached hydrogen (secondary N) is 1. The van der Waals surface area contributed by atoms with E-state index in [1.807, 2.05) is 83.1 Å². The predicted octanol–water partition coefficient (Wildman–Crippen LogP) is 14.0.